The Morgan fingerprint density at radius 2 is 1.96 bits per heavy atom. The largest absolute Gasteiger partial charge is 0.357 e. The smallest absolute Gasteiger partial charge is 0.243 e. The summed E-state index contributed by atoms with van der Waals surface area (Å²) in [5.74, 6) is 0. The number of H-pyrrole nitrogens is 1. The summed E-state index contributed by atoms with van der Waals surface area (Å²) in [6.07, 6.45) is 0.707. The van der Waals surface area contributed by atoms with E-state index in [-0.39, 0.29) is 4.90 Å². The van der Waals surface area contributed by atoms with Gasteiger partial charge in [-0.25, -0.2) is 8.42 Å². The average Bonchev–Trinajstić information content (AvgIpc) is 2.95. The summed E-state index contributed by atoms with van der Waals surface area (Å²) >= 11 is 6.10. The second kappa shape index (κ2) is 5.62. The maximum Gasteiger partial charge on any atom is 0.243 e. The molecule has 0 fully saturated rings. The number of sulfonamides is 1. The zero-order valence-electron chi connectivity index (χ0n) is 13.2. The minimum absolute atomic E-state index is 0.248. The third-order valence-corrected chi connectivity index (χ3v) is 6.88. The lowest BCUT2D eigenvalue weighted by Gasteiger charge is -2.26. The van der Waals surface area contributed by atoms with E-state index in [0.29, 0.717) is 24.5 Å². The molecule has 24 heavy (non-hydrogen) atoms. The van der Waals surface area contributed by atoms with Crippen molar-refractivity contribution in [3.63, 3.8) is 0 Å². The highest BCUT2D eigenvalue weighted by Gasteiger charge is 2.30. The van der Waals surface area contributed by atoms with E-state index in [4.69, 9.17) is 11.6 Å². The van der Waals surface area contributed by atoms with Gasteiger partial charge < -0.3 is 4.98 Å². The van der Waals surface area contributed by atoms with Gasteiger partial charge >= 0.3 is 0 Å². The number of hydrogen-bond acceptors (Lipinski definition) is 2. The number of para-hydroxylation sites is 1. The van der Waals surface area contributed by atoms with Crippen molar-refractivity contribution in [2.75, 3.05) is 6.54 Å². The van der Waals surface area contributed by atoms with Crippen molar-refractivity contribution in [1.82, 2.24) is 9.29 Å². The number of fused-ring (bicyclic) bond motifs is 3. The van der Waals surface area contributed by atoms with Crippen LogP contribution in [0.25, 0.3) is 10.9 Å². The van der Waals surface area contributed by atoms with Crippen molar-refractivity contribution >= 4 is 32.5 Å². The van der Waals surface area contributed by atoms with E-state index in [1.807, 2.05) is 25.1 Å². The molecule has 0 saturated carbocycles. The van der Waals surface area contributed by atoms with Crippen LogP contribution in [0.15, 0.2) is 47.4 Å². The average molecular weight is 361 g/mol. The van der Waals surface area contributed by atoms with Crippen molar-refractivity contribution in [3.05, 3.63) is 64.3 Å². The highest BCUT2D eigenvalue weighted by atomic mass is 35.5. The molecule has 6 heteroatoms. The number of benzene rings is 2. The molecular weight excluding hydrogens is 344 g/mol. The predicted molar refractivity (Wildman–Crippen MR) is 95.8 cm³/mol. The van der Waals surface area contributed by atoms with Gasteiger partial charge in [0.2, 0.25) is 10.0 Å². The zero-order valence-corrected chi connectivity index (χ0v) is 14.8. The Morgan fingerprint density at radius 3 is 2.75 bits per heavy atom. The van der Waals surface area contributed by atoms with Crippen molar-refractivity contribution in [2.24, 2.45) is 0 Å². The minimum atomic E-state index is -3.55. The van der Waals surface area contributed by atoms with Crippen LogP contribution in [0.1, 0.15) is 16.8 Å². The number of aryl methyl sites for hydroxylation is 1. The van der Waals surface area contributed by atoms with E-state index in [1.165, 1.54) is 21.3 Å². The fourth-order valence-electron chi connectivity index (χ4n) is 3.26. The molecule has 1 aromatic heterocycles. The van der Waals surface area contributed by atoms with Gasteiger partial charge in [-0.1, -0.05) is 35.9 Å². The lowest BCUT2D eigenvalue weighted by Crippen LogP contribution is -2.35. The normalized spacial score (nSPS) is 15.6. The number of nitrogens with zero attached hydrogens (tertiary/aromatic N) is 1. The number of rotatable bonds is 2. The molecule has 4 nitrogen and oxygen atoms in total. The Balaban J connectivity index is 1.72. The van der Waals surface area contributed by atoms with Crippen LogP contribution in [0.5, 0.6) is 0 Å². The van der Waals surface area contributed by atoms with Gasteiger partial charge in [-0.05, 0) is 42.7 Å². The second-order valence-corrected chi connectivity index (χ2v) is 8.47. The Hall–Kier alpha value is -1.82. The van der Waals surface area contributed by atoms with E-state index in [9.17, 15) is 8.42 Å². The van der Waals surface area contributed by atoms with E-state index < -0.39 is 10.0 Å². The molecule has 0 unspecified atom stereocenters. The first kappa shape index (κ1) is 15.7. The summed E-state index contributed by atoms with van der Waals surface area (Å²) in [7, 11) is -3.55. The SMILES string of the molecule is Cc1ccc(S(=O)(=O)N2CCc3c([nH]c4ccccc34)C2)cc1Cl. The predicted octanol–water partition coefficient (Wildman–Crippen LogP) is 3.88. The Kier molecular flexibility index (Phi) is 3.67. The van der Waals surface area contributed by atoms with Gasteiger partial charge in [0.05, 0.1) is 11.4 Å². The Morgan fingerprint density at radius 1 is 1.17 bits per heavy atom. The molecule has 1 aliphatic heterocycles. The van der Waals surface area contributed by atoms with Crippen LogP contribution in [0, 0.1) is 6.92 Å². The van der Waals surface area contributed by atoms with Gasteiger partial charge in [-0.3, -0.25) is 0 Å². The van der Waals surface area contributed by atoms with Crippen molar-refractivity contribution in [3.8, 4) is 0 Å². The summed E-state index contributed by atoms with van der Waals surface area (Å²) in [6.45, 7) is 2.69. The topological polar surface area (TPSA) is 53.2 Å². The molecule has 2 aromatic carbocycles. The first-order chi connectivity index (χ1) is 11.5. The lowest BCUT2D eigenvalue weighted by atomic mass is 10.1. The van der Waals surface area contributed by atoms with E-state index >= 15 is 0 Å². The van der Waals surface area contributed by atoms with Gasteiger partial charge in [-0.2, -0.15) is 4.31 Å². The van der Waals surface area contributed by atoms with Gasteiger partial charge in [0.25, 0.3) is 0 Å². The molecule has 0 spiro atoms. The first-order valence-electron chi connectivity index (χ1n) is 7.81. The standard InChI is InChI=1S/C18H17ClN2O2S/c1-12-6-7-13(10-16(12)19)24(22,23)21-9-8-15-14-4-2-3-5-17(14)20-18(15)11-21/h2-7,10,20H,8-9,11H2,1H3. The third-order valence-electron chi connectivity index (χ3n) is 4.63. The molecule has 0 amide bonds. The molecule has 124 valence electrons. The van der Waals surface area contributed by atoms with Crippen LogP contribution >= 0.6 is 11.6 Å². The summed E-state index contributed by atoms with van der Waals surface area (Å²) in [5.41, 5.74) is 4.12. The van der Waals surface area contributed by atoms with Crippen molar-refractivity contribution < 1.29 is 8.42 Å². The van der Waals surface area contributed by atoms with Gasteiger partial charge in [0.15, 0.2) is 0 Å². The highest BCUT2D eigenvalue weighted by Crippen LogP contribution is 2.31. The molecule has 1 N–H and O–H groups in total. The van der Waals surface area contributed by atoms with Gasteiger partial charge in [0.1, 0.15) is 0 Å². The lowest BCUT2D eigenvalue weighted by molar-refractivity contribution is 0.388. The molecule has 2 heterocycles. The molecule has 0 radical (unpaired) electrons. The monoisotopic (exact) mass is 360 g/mol. The van der Waals surface area contributed by atoms with E-state index in [1.54, 1.807) is 12.1 Å². The number of nitrogens with one attached hydrogen (secondary N) is 1. The van der Waals surface area contributed by atoms with Crippen LogP contribution in [0.3, 0.4) is 0 Å². The summed E-state index contributed by atoms with van der Waals surface area (Å²) in [6, 6.07) is 13.0. The summed E-state index contributed by atoms with van der Waals surface area (Å²) in [5, 5.41) is 1.65. The third kappa shape index (κ3) is 2.44. The fourth-order valence-corrected chi connectivity index (χ4v) is 4.94. The molecule has 4 rings (SSSR count). The highest BCUT2D eigenvalue weighted by molar-refractivity contribution is 7.89. The molecule has 0 saturated heterocycles. The molecule has 0 aliphatic carbocycles. The van der Waals surface area contributed by atoms with Crippen LogP contribution in [0.4, 0.5) is 0 Å². The zero-order chi connectivity index (χ0) is 16.9. The van der Waals surface area contributed by atoms with Gasteiger partial charge in [-0.15, -0.1) is 0 Å². The van der Waals surface area contributed by atoms with E-state index in [0.717, 1.165) is 16.8 Å². The number of halogens is 1. The number of hydrogen-bond donors (Lipinski definition) is 1. The minimum Gasteiger partial charge on any atom is -0.357 e. The number of aromatic nitrogens is 1. The van der Waals surface area contributed by atoms with Crippen molar-refractivity contribution in [2.45, 2.75) is 24.8 Å². The van der Waals surface area contributed by atoms with Crippen LogP contribution in [0.2, 0.25) is 5.02 Å². The van der Waals surface area contributed by atoms with Crippen LogP contribution in [-0.4, -0.2) is 24.3 Å². The maximum absolute atomic E-state index is 12.9. The maximum atomic E-state index is 12.9. The summed E-state index contributed by atoms with van der Waals surface area (Å²) < 4.78 is 27.4. The first-order valence-corrected chi connectivity index (χ1v) is 9.63. The molecule has 1 aliphatic rings. The molecule has 3 aromatic rings. The summed E-state index contributed by atoms with van der Waals surface area (Å²) in [4.78, 5) is 3.61. The molecule has 0 bridgehead atoms. The van der Waals surface area contributed by atoms with Gasteiger partial charge in [0, 0.05) is 28.2 Å². The Bertz CT molecular complexity index is 1040. The van der Waals surface area contributed by atoms with Crippen molar-refractivity contribution in [1.29, 1.82) is 0 Å². The van der Waals surface area contributed by atoms with Crippen LogP contribution < -0.4 is 0 Å². The van der Waals surface area contributed by atoms with E-state index in [2.05, 4.69) is 11.1 Å². The quantitative estimate of drug-likeness (QED) is 0.754. The molecule has 0 atom stereocenters. The Labute approximate surface area is 146 Å². The fraction of sp³-hybridized carbons (Fsp3) is 0.222. The van der Waals surface area contributed by atoms with Crippen LogP contribution in [-0.2, 0) is 23.0 Å². The number of aromatic amines is 1. The second-order valence-electron chi connectivity index (χ2n) is 6.13. The molecular formula is C18H17ClN2O2S.